The molecule has 16 heteroatoms. The van der Waals surface area contributed by atoms with Crippen LogP contribution in [0.15, 0.2) is 127 Å². The number of fused-ring (bicyclic) bond motifs is 1. The van der Waals surface area contributed by atoms with Crippen LogP contribution >= 0.6 is 0 Å². The van der Waals surface area contributed by atoms with Gasteiger partial charge in [0.05, 0.1) is 18.2 Å². The number of halogens is 3. The van der Waals surface area contributed by atoms with E-state index in [2.05, 4.69) is 15.4 Å². The normalized spacial score (nSPS) is 18.4. The van der Waals surface area contributed by atoms with Crippen molar-refractivity contribution in [2.75, 3.05) is 13.2 Å². The van der Waals surface area contributed by atoms with Gasteiger partial charge in [-0.05, 0) is 74.7 Å². The lowest BCUT2D eigenvalue weighted by atomic mass is 9.91. The molecule has 1 heterocycles. The molecule has 4 aromatic rings. The summed E-state index contributed by atoms with van der Waals surface area (Å²) in [7, 11) is 0. The van der Waals surface area contributed by atoms with E-state index in [1.807, 2.05) is 60.7 Å². The van der Waals surface area contributed by atoms with Crippen LogP contribution in [0, 0.1) is 0 Å². The summed E-state index contributed by atoms with van der Waals surface area (Å²) in [5.74, 6) is -4.84. The van der Waals surface area contributed by atoms with Crippen molar-refractivity contribution in [2.24, 2.45) is 0 Å². The molecule has 0 aromatic heterocycles. The predicted molar refractivity (Wildman–Crippen MR) is 230 cm³/mol. The van der Waals surface area contributed by atoms with E-state index in [0.29, 0.717) is 22.3 Å². The second kappa shape index (κ2) is 20.9. The van der Waals surface area contributed by atoms with Crippen LogP contribution in [-0.2, 0) is 50.4 Å². The smallest absolute Gasteiger partial charge is 0.422 e. The number of ether oxygens (including phenoxy) is 5. The minimum atomic E-state index is -4.67. The van der Waals surface area contributed by atoms with Crippen LogP contribution in [0.3, 0.4) is 0 Å². The number of carbonyl (C=O) groups is 5. The van der Waals surface area contributed by atoms with Gasteiger partial charge >= 0.3 is 24.1 Å². The highest BCUT2D eigenvalue weighted by molar-refractivity contribution is 5.95. The topological polar surface area (TPSA) is 176 Å². The molecule has 1 aliphatic heterocycles. The Kier molecular flexibility index (Phi) is 15.4. The minimum absolute atomic E-state index is 0.00407. The Bertz CT molecular complexity index is 2340. The first-order valence-electron chi connectivity index (χ1n) is 20.8. The van der Waals surface area contributed by atoms with E-state index in [1.165, 1.54) is 30.3 Å². The molecule has 0 bridgehead atoms. The molecule has 2 aliphatic rings. The average molecular weight is 899 g/mol. The van der Waals surface area contributed by atoms with Gasteiger partial charge in [0, 0.05) is 47.7 Å². The lowest BCUT2D eigenvalue weighted by Gasteiger charge is -2.31. The first-order valence-corrected chi connectivity index (χ1v) is 20.8. The molecule has 0 spiro atoms. The highest BCUT2D eigenvalue weighted by atomic mass is 19.4. The Morgan fingerprint density at radius 3 is 2.12 bits per heavy atom. The van der Waals surface area contributed by atoms with Crippen LogP contribution in [0.4, 0.5) is 13.2 Å². The lowest BCUT2D eigenvalue weighted by molar-refractivity contribution is -0.182. The van der Waals surface area contributed by atoms with E-state index in [9.17, 15) is 42.3 Å². The molecular formula is C49H49F3N2O11. The molecule has 1 fully saturated rings. The van der Waals surface area contributed by atoms with Crippen molar-refractivity contribution in [2.45, 2.75) is 88.5 Å². The van der Waals surface area contributed by atoms with Crippen molar-refractivity contribution in [3.8, 4) is 0 Å². The summed E-state index contributed by atoms with van der Waals surface area (Å²) in [6.07, 6.45) is -3.67. The van der Waals surface area contributed by atoms with E-state index in [1.54, 1.807) is 51.1 Å². The van der Waals surface area contributed by atoms with Crippen molar-refractivity contribution >= 4 is 35.8 Å². The maximum atomic E-state index is 14.0. The van der Waals surface area contributed by atoms with E-state index in [-0.39, 0.29) is 42.5 Å². The number of aliphatic hydroxyl groups is 1. The van der Waals surface area contributed by atoms with Crippen LogP contribution in [-0.4, -0.2) is 84.2 Å². The molecular weight excluding hydrogens is 850 g/mol. The monoisotopic (exact) mass is 898 g/mol. The number of esters is 3. The van der Waals surface area contributed by atoms with Crippen molar-refractivity contribution in [1.82, 2.24) is 10.6 Å². The summed E-state index contributed by atoms with van der Waals surface area (Å²) in [5, 5.41) is 15.5. The third-order valence-corrected chi connectivity index (χ3v) is 10.2. The molecule has 13 nitrogen and oxygen atoms in total. The van der Waals surface area contributed by atoms with E-state index < -0.39 is 84.9 Å². The van der Waals surface area contributed by atoms with Gasteiger partial charge in [-0.2, -0.15) is 13.2 Å². The number of hydrogen-bond donors (Lipinski definition) is 3. The molecule has 3 N–H and O–H groups in total. The molecule has 4 atom stereocenters. The second-order valence-corrected chi connectivity index (χ2v) is 16.4. The summed E-state index contributed by atoms with van der Waals surface area (Å²) in [4.78, 5) is 64.8. The highest BCUT2D eigenvalue weighted by Gasteiger charge is 2.55. The van der Waals surface area contributed by atoms with Crippen LogP contribution in [0.5, 0.6) is 0 Å². The Labute approximate surface area is 373 Å². The Morgan fingerprint density at radius 1 is 0.846 bits per heavy atom. The molecule has 0 radical (unpaired) electrons. The first kappa shape index (κ1) is 47.8. The number of nitrogens with one attached hydrogen (secondary N) is 2. The van der Waals surface area contributed by atoms with Crippen LogP contribution in [0.1, 0.15) is 83.0 Å². The summed E-state index contributed by atoms with van der Waals surface area (Å²) in [5.41, 5.74) is 2.24. The fourth-order valence-electron chi connectivity index (χ4n) is 7.17. The van der Waals surface area contributed by atoms with Gasteiger partial charge in [0.25, 0.3) is 5.91 Å². The molecule has 4 aromatic carbocycles. The molecule has 342 valence electrons. The third kappa shape index (κ3) is 13.2. The quantitative estimate of drug-likeness (QED) is 0.0608. The second-order valence-electron chi connectivity index (χ2n) is 16.4. The lowest BCUT2D eigenvalue weighted by Crippen LogP contribution is -2.43. The molecule has 2 amide bonds. The van der Waals surface area contributed by atoms with E-state index in [0.717, 1.165) is 6.08 Å². The van der Waals surface area contributed by atoms with Crippen molar-refractivity contribution < 1.29 is 65.9 Å². The van der Waals surface area contributed by atoms with Crippen molar-refractivity contribution in [3.05, 3.63) is 160 Å². The number of alkyl halides is 3. The Hall–Kier alpha value is -6.62. The van der Waals surface area contributed by atoms with Gasteiger partial charge in [-0.25, -0.2) is 9.59 Å². The molecule has 65 heavy (non-hydrogen) atoms. The molecule has 1 aliphatic carbocycles. The van der Waals surface area contributed by atoms with Crippen molar-refractivity contribution in [1.29, 1.82) is 0 Å². The fourth-order valence-corrected chi connectivity index (χ4v) is 7.17. The number of amides is 2. The molecule has 1 saturated heterocycles. The zero-order valence-corrected chi connectivity index (χ0v) is 35.8. The van der Waals surface area contributed by atoms with Gasteiger partial charge in [0.15, 0.2) is 6.61 Å². The zero-order chi connectivity index (χ0) is 46.8. The van der Waals surface area contributed by atoms with Crippen molar-refractivity contribution in [3.63, 3.8) is 0 Å². The first-order chi connectivity index (χ1) is 30.9. The van der Waals surface area contributed by atoms with Gasteiger partial charge in [0.2, 0.25) is 11.7 Å². The number of rotatable bonds is 16. The summed E-state index contributed by atoms with van der Waals surface area (Å²) >= 11 is 0. The van der Waals surface area contributed by atoms with E-state index in [4.69, 9.17) is 18.9 Å². The number of aliphatic hydroxyl groups excluding tert-OH is 1. The van der Waals surface area contributed by atoms with E-state index >= 15 is 0 Å². The Morgan fingerprint density at radius 2 is 1.51 bits per heavy atom. The SMILES string of the molecule is CC(C)(C)OC(=O)CCC(CO)NC(=O)c1cccc(CNC(=O)C2=CC3OC(c4ccccc4)(c4ccccc4)OC3C(OC(=O)c3ccc(C=CC(=O)OCC(F)(F)F)cc3)C2)c1. The van der Waals surface area contributed by atoms with Crippen LogP contribution in [0.2, 0.25) is 0 Å². The minimum Gasteiger partial charge on any atom is -0.460 e. The zero-order valence-electron chi connectivity index (χ0n) is 35.8. The van der Waals surface area contributed by atoms with Crippen LogP contribution < -0.4 is 10.6 Å². The standard InChI is InChI=1S/C49H49F3N2O11/c1-47(2,3)64-42(57)24-22-38(29-55)54-45(59)34-12-10-11-32(25-34)28-53-44(58)35-26-39(62-46(60)33-20-17-31(18-21-33)19-23-41(56)61-30-48(50,51)52)43-40(27-35)63-49(65-43,36-13-6-4-7-14-36)37-15-8-5-9-16-37/h4-21,23,25,27,38-40,43,55H,22,24,26,28-30H2,1-3H3,(H,53,58)(H,54,59). The van der Waals surface area contributed by atoms with Gasteiger partial charge in [-0.3, -0.25) is 14.4 Å². The third-order valence-electron chi connectivity index (χ3n) is 10.2. The van der Waals surface area contributed by atoms with Gasteiger partial charge in [-0.15, -0.1) is 0 Å². The number of hydrogen-bond acceptors (Lipinski definition) is 11. The molecule has 6 rings (SSSR count). The summed E-state index contributed by atoms with van der Waals surface area (Å²) in [6.45, 7) is 3.13. The van der Waals surface area contributed by atoms with Gasteiger partial charge in [0.1, 0.15) is 23.9 Å². The van der Waals surface area contributed by atoms with Gasteiger partial charge < -0.3 is 39.4 Å². The maximum absolute atomic E-state index is 14.0. The fraction of sp³-hybridized carbons (Fsp3) is 0.327. The highest BCUT2D eigenvalue weighted by Crippen LogP contribution is 2.47. The Balaban J connectivity index is 1.18. The summed E-state index contributed by atoms with van der Waals surface area (Å²) in [6, 6.07) is 30.0. The summed E-state index contributed by atoms with van der Waals surface area (Å²) < 4.78 is 66.4. The van der Waals surface area contributed by atoms with Gasteiger partial charge in [-0.1, -0.05) is 84.9 Å². The van der Waals surface area contributed by atoms with Crippen LogP contribution in [0.25, 0.3) is 6.08 Å². The predicted octanol–water partition coefficient (Wildman–Crippen LogP) is 6.88. The largest absolute Gasteiger partial charge is 0.460 e. The molecule has 0 saturated carbocycles. The average Bonchev–Trinajstić information content (AvgIpc) is 3.69. The molecule has 4 unspecified atom stereocenters. The maximum Gasteiger partial charge on any atom is 0.422 e. The number of benzene rings is 4. The number of carbonyl (C=O) groups excluding carboxylic acids is 5.